The summed E-state index contributed by atoms with van der Waals surface area (Å²) in [7, 11) is 0. The molecule has 0 fully saturated rings. The Kier molecular flexibility index (Phi) is 4.24. The van der Waals surface area contributed by atoms with Gasteiger partial charge in [-0.05, 0) is 43.7 Å². The number of nitrogens with one attached hydrogen (secondary N) is 2. The highest BCUT2D eigenvalue weighted by atomic mass is 16.2. The quantitative estimate of drug-likeness (QED) is 0.876. The number of aromatic nitrogens is 5. The van der Waals surface area contributed by atoms with E-state index in [9.17, 15) is 4.79 Å². The second-order valence-electron chi connectivity index (χ2n) is 4.66. The summed E-state index contributed by atoms with van der Waals surface area (Å²) in [6.45, 7) is 6.16. The van der Waals surface area contributed by atoms with E-state index in [1.54, 1.807) is 6.20 Å². The lowest BCUT2D eigenvalue weighted by atomic mass is 10.2. The molecule has 2 amide bonds. The van der Waals surface area contributed by atoms with Gasteiger partial charge in [-0.25, -0.2) is 4.79 Å². The molecule has 2 aromatic heterocycles. The normalized spacial score (nSPS) is 10.6. The largest absolute Gasteiger partial charge is 0.332 e. The van der Waals surface area contributed by atoms with Crippen LogP contribution >= 0.6 is 0 Å². The predicted octanol–water partition coefficient (Wildman–Crippen LogP) is 1.28. The summed E-state index contributed by atoms with van der Waals surface area (Å²) in [6.07, 6.45) is 1.71. The number of aryl methyl sites for hydroxylation is 1. The summed E-state index contributed by atoms with van der Waals surface area (Å²) in [5.41, 5.74) is 1.89. The first-order valence-electron chi connectivity index (χ1n) is 6.30. The number of nitrogens with zero attached hydrogens (tertiary/aromatic N) is 5. The lowest BCUT2D eigenvalue weighted by Crippen LogP contribution is -2.29. The molecule has 8 heteroatoms. The minimum atomic E-state index is -0.392. The van der Waals surface area contributed by atoms with Crippen molar-refractivity contribution < 1.29 is 4.79 Å². The lowest BCUT2D eigenvalue weighted by Gasteiger charge is -2.05. The molecule has 2 N–H and O–H groups in total. The summed E-state index contributed by atoms with van der Waals surface area (Å²) >= 11 is 0. The van der Waals surface area contributed by atoms with Crippen LogP contribution in [-0.4, -0.2) is 31.2 Å². The molecule has 8 nitrogen and oxygen atoms in total. The number of anilines is 1. The van der Waals surface area contributed by atoms with Gasteiger partial charge in [-0.2, -0.15) is 4.80 Å². The highest BCUT2D eigenvalue weighted by molar-refractivity contribution is 5.87. The van der Waals surface area contributed by atoms with Gasteiger partial charge in [0.15, 0.2) is 0 Å². The fourth-order valence-corrected chi connectivity index (χ4v) is 1.51. The Bertz CT molecular complexity index is 593. The van der Waals surface area contributed by atoms with Crippen molar-refractivity contribution in [3.8, 4) is 0 Å². The van der Waals surface area contributed by atoms with E-state index >= 15 is 0 Å². The van der Waals surface area contributed by atoms with Crippen LogP contribution in [-0.2, 0) is 6.54 Å². The maximum Gasteiger partial charge on any atom is 0.322 e. The number of pyridine rings is 1. The SMILES string of the molecule is Cc1ccnc(CNC(=O)Nc2nnn(C(C)C)n2)c1. The number of tetrazole rings is 1. The van der Waals surface area contributed by atoms with Crippen molar-refractivity contribution in [2.45, 2.75) is 33.4 Å². The van der Waals surface area contributed by atoms with E-state index in [0.29, 0.717) is 6.54 Å². The molecule has 0 unspecified atom stereocenters. The smallest absolute Gasteiger partial charge is 0.322 e. The van der Waals surface area contributed by atoms with E-state index in [-0.39, 0.29) is 12.0 Å². The summed E-state index contributed by atoms with van der Waals surface area (Å²) in [4.78, 5) is 17.3. The van der Waals surface area contributed by atoms with Crippen molar-refractivity contribution in [2.75, 3.05) is 5.32 Å². The summed E-state index contributed by atoms with van der Waals surface area (Å²) in [6, 6.07) is 3.51. The lowest BCUT2D eigenvalue weighted by molar-refractivity contribution is 0.251. The number of amides is 2. The van der Waals surface area contributed by atoms with E-state index in [1.807, 2.05) is 32.9 Å². The topological polar surface area (TPSA) is 97.6 Å². The maximum atomic E-state index is 11.7. The van der Waals surface area contributed by atoms with Gasteiger partial charge in [0.05, 0.1) is 18.3 Å². The third kappa shape index (κ3) is 3.74. The van der Waals surface area contributed by atoms with Gasteiger partial charge in [0.25, 0.3) is 5.95 Å². The number of urea groups is 1. The first kappa shape index (κ1) is 13.9. The van der Waals surface area contributed by atoms with E-state index in [0.717, 1.165) is 11.3 Å². The molecule has 0 atom stereocenters. The molecule has 2 rings (SSSR count). The summed E-state index contributed by atoms with van der Waals surface area (Å²) in [5, 5.41) is 16.8. The molecule has 2 heterocycles. The molecule has 106 valence electrons. The van der Waals surface area contributed by atoms with Gasteiger partial charge in [-0.15, -0.1) is 5.10 Å². The molecule has 0 bridgehead atoms. The number of hydrogen-bond donors (Lipinski definition) is 2. The molecule has 20 heavy (non-hydrogen) atoms. The molecule has 0 saturated heterocycles. The number of carbonyl (C=O) groups excluding carboxylic acids is 1. The zero-order chi connectivity index (χ0) is 14.5. The van der Waals surface area contributed by atoms with Gasteiger partial charge in [-0.3, -0.25) is 10.3 Å². The molecule has 2 aromatic rings. The third-order valence-electron chi connectivity index (χ3n) is 2.52. The van der Waals surface area contributed by atoms with Crippen molar-refractivity contribution in [1.29, 1.82) is 0 Å². The second-order valence-corrected chi connectivity index (χ2v) is 4.66. The van der Waals surface area contributed by atoms with Crippen LogP contribution in [0.1, 0.15) is 31.1 Å². The van der Waals surface area contributed by atoms with Crippen LogP contribution < -0.4 is 10.6 Å². The minimum Gasteiger partial charge on any atom is -0.332 e. The van der Waals surface area contributed by atoms with Crippen LogP contribution in [0.2, 0.25) is 0 Å². The van der Waals surface area contributed by atoms with Gasteiger partial charge >= 0.3 is 6.03 Å². The van der Waals surface area contributed by atoms with Gasteiger partial charge in [-0.1, -0.05) is 5.10 Å². The van der Waals surface area contributed by atoms with Crippen molar-refractivity contribution in [1.82, 2.24) is 30.5 Å². The monoisotopic (exact) mass is 275 g/mol. The Morgan fingerprint density at radius 1 is 1.45 bits per heavy atom. The van der Waals surface area contributed by atoms with Crippen molar-refractivity contribution in [3.63, 3.8) is 0 Å². The highest BCUT2D eigenvalue weighted by Crippen LogP contribution is 2.02. The fourth-order valence-electron chi connectivity index (χ4n) is 1.51. The van der Waals surface area contributed by atoms with E-state index < -0.39 is 6.03 Å². The Morgan fingerprint density at radius 3 is 2.90 bits per heavy atom. The number of carbonyl (C=O) groups is 1. The molecular formula is C12H17N7O. The molecule has 0 aliphatic rings. The maximum absolute atomic E-state index is 11.7. The average Bonchev–Trinajstić information content (AvgIpc) is 2.85. The Labute approximate surface area is 116 Å². The fraction of sp³-hybridized carbons (Fsp3) is 0.417. The van der Waals surface area contributed by atoms with E-state index in [1.165, 1.54) is 4.80 Å². The molecule has 0 spiro atoms. The minimum absolute atomic E-state index is 0.0950. The van der Waals surface area contributed by atoms with Crippen molar-refractivity contribution >= 4 is 12.0 Å². The van der Waals surface area contributed by atoms with Crippen LogP contribution in [0.15, 0.2) is 18.3 Å². The molecule has 0 aromatic carbocycles. The van der Waals surface area contributed by atoms with Gasteiger partial charge < -0.3 is 5.32 Å². The second kappa shape index (κ2) is 6.09. The average molecular weight is 275 g/mol. The van der Waals surface area contributed by atoms with Crippen LogP contribution in [0.25, 0.3) is 0 Å². The number of rotatable bonds is 4. The van der Waals surface area contributed by atoms with E-state index in [4.69, 9.17) is 0 Å². The Balaban J connectivity index is 1.86. The zero-order valence-electron chi connectivity index (χ0n) is 11.7. The van der Waals surface area contributed by atoms with Crippen LogP contribution in [0.3, 0.4) is 0 Å². The van der Waals surface area contributed by atoms with E-state index in [2.05, 4.69) is 31.0 Å². The first-order valence-corrected chi connectivity index (χ1v) is 6.30. The molecular weight excluding hydrogens is 258 g/mol. The van der Waals surface area contributed by atoms with Gasteiger partial charge in [0.2, 0.25) is 0 Å². The molecule has 0 aliphatic heterocycles. The van der Waals surface area contributed by atoms with Crippen LogP contribution in [0, 0.1) is 6.92 Å². The van der Waals surface area contributed by atoms with Crippen LogP contribution in [0.5, 0.6) is 0 Å². The first-order chi connectivity index (χ1) is 9.54. The standard InChI is InChI=1S/C12H17N7O/c1-8(2)19-17-11(16-18-19)15-12(20)14-7-10-6-9(3)4-5-13-10/h4-6,8H,7H2,1-3H3,(H2,14,15,17,20). The number of hydrogen-bond acceptors (Lipinski definition) is 5. The van der Waals surface area contributed by atoms with Crippen molar-refractivity contribution in [2.24, 2.45) is 0 Å². The summed E-state index contributed by atoms with van der Waals surface area (Å²) in [5.74, 6) is 0.174. The third-order valence-corrected chi connectivity index (χ3v) is 2.52. The summed E-state index contributed by atoms with van der Waals surface area (Å²) < 4.78 is 0. The Morgan fingerprint density at radius 2 is 2.25 bits per heavy atom. The molecule has 0 radical (unpaired) electrons. The Hall–Kier alpha value is -2.51. The van der Waals surface area contributed by atoms with Gasteiger partial charge in [0.1, 0.15) is 0 Å². The van der Waals surface area contributed by atoms with Gasteiger partial charge in [0, 0.05) is 6.20 Å². The van der Waals surface area contributed by atoms with Crippen LogP contribution in [0.4, 0.5) is 10.7 Å². The highest BCUT2D eigenvalue weighted by Gasteiger charge is 2.08. The van der Waals surface area contributed by atoms with Crippen molar-refractivity contribution in [3.05, 3.63) is 29.6 Å². The predicted molar refractivity (Wildman–Crippen MR) is 73.0 cm³/mol. The molecule has 0 aliphatic carbocycles. The molecule has 0 saturated carbocycles. The zero-order valence-corrected chi connectivity index (χ0v) is 11.7.